The molecule has 0 fully saturated rings. The van der Waals surface area contributed by atoms with Crippen LogP contribution in [0.2, 0.25) is 0 Å². The molecule has 0 aromatic heterocycles. The molecule has 0 spiro atoms. The quantitative estimate of drug-likeness (QED) is 0.876. The minimum absolute atomic E-state index is 0.103. The van der Waals surface area contributed by atoms with E-state index in [2.05, 4.69) is 25.2 Å². The Balaban J connectivity index is 2.07. The van der Waals surface area contributed by atoms with Crippen molar-refractivity contribution >= 4 is 11.6 Å². The lowest BCUT2D eigenvalue weighted by atomic mass is 9.88. The lowest BCUT2D eigenvalue weighted by Gasteiger charge is -2.34. The molecule has 0 saturated carbocycles. The van der Waals surface area contributed by atoms with Crippen LogP contribution in [0.25, 0.3) is 0 Å². The molecule has 116 valence electrons. The number of fused-ring (bicyclic) bond motifs is 1. The number of carbonyl (C=O) groups excluding carboxylic acids is 1. The van der Waals surface area contributed by atoms with Gasteiger partial charge in [-0.3, -0.25) is 4.79 Å². The highest BCUT2D eigenvalue weighted by atomic mass is 16.5. The van der Waals surface area contributed by atoms with Crippen molar-refractivity contribution in [3.8, 4) is 0 Å². The van der Waals surface area contributed by atoms with Gasteiger partial charge in [0.05, 0.1) is 0 Å². The molecule has 1 aliphatic rings. The van der Waals surface area contributed by atoms with Crippen LogP contribution in [0.1, 0.15) is 38.3 Å². The van der Waals surface area contributed by atoms with Gasteiger partial charge in [0.1, 0.15) is 0 Å². The van der Waals surface area contributed by atoms with Crippen LogP contribution in [0.3, 0.4) is 0 Å². The van der Waals surface area contributed by atoms with Gasteiger partial charge in [-0.2, -0.15) is 0 Å². The molecule has 1 aromatic carbocycles. The van der Waals surface area contributed by atoms with Gasteiger partial charge in [-0.05, 0) is 23.5 Å². The van der Waals surface area contributed by atoms with E-state index in [0.29, 0.717) is 6.42 Å². The Morgan fingerprint density at radius 1 is 1.38 bits per heavy atom. The fraction of sp³-hybridized carbons (Fsp3) is 0.588. The third kappa shape index (κ3) is 3.83. The third-order valence-electron chi connectivity index (χ3n) is 4.24. The molecule has 0 aliphatic carbocycles. The highest BCUT2D eigenvalue weighted by Gasteiger charge is 2.29. The number of ether oxygens (including phenoxy) is 1. The first-order chi connectivity index (χ1) is 9.94. The minimum Gasteiger partial charge on any atom is -0.385 e. The fourth-order valence-corrected chi connectivity index (χ4v) is 2.69. The number of anilines is 1. The first kappa shape index (κ1) is 16.0. The van der Waals surface area contributed by atoms with Crippen molar-refractivity contribution in [2.24, 2.45) is 5.41 Å². The van der Waals surface area contributed by atoms with Gasteiger partial charge < -0.3 is 15.0 Å². The maximum Gasteiger partial charge on any atom is 0.228 e. The second-order valence-electron chi connectivity index (χ2n) is 6.56. The number of methoxy groups -OCH3 is 1. The van der Waals surface area contributed by atoms with Crippen LogP contribution >= 0.6 is 0 Å². The molecule has 1 unspecified atom stereocenters. The predicted molar refractivity (Wildman–Crippen MR) is 85.5 cm³/mol. The molecule has 4 heteroatoms. The molecule has 1 aliphatic heterocycles. The Kier molecular flexibility index (Phi) is 5.01. The molecule has 1 aromatic rings. The zero-order valence-electron chi connectivity index (χ0n) is 13.5. The zero-order valence-corrected chi connectivity index (χ0v) is 13.5. The number of amides is 1. The van der Waals surface area contributed by atoms with E-state index < -0.39 is 0 Å². The number of carbonyl (C=O) groups is 1. The van der Waals surface area contributed by atoms with E-state index in [4.69, 9.17) is 4.74 Å². The molecular weight excluding hydrogens is 264 g/mol. The molecule has 0 saturated heterocycles. The van der Waals surface area contributed by atoms with E-state index >= 15 is 0 Å². The van der Waals surface area contributed by atoms with Crippen LogP contribution in [0.4, 0.5) is 5.69 Å². The van der Waals surface area contributed by atoms with E-state index in [1.165, 1.54) is 5.56 Å². The maximum absolute atomic E-state index is 12.1. The summed E-state index contributed by atoms with van der Waals surface area (Å²) in [4.78, 5) is 13.9. The summed E-state index contributed by atoms with van der Waals surface area (Å²) < 4.78 is 5.17. The first-order valence-electron chi connectivity index (χ1n) is 7.52. The topological polar surface area (TPSA) is 41.6 Å². The summed E-state index contributed by atoms with van der Waals surface area (Å²) in [7, 11) is 3.58. The van der Waals surface area contributed by atoms with E-state index in [9.17, 15) is 4.79 Å². The molecule has 4 nitrogen and oxygen atoms in total. The SMILES string of the molecule is COCCC(C)(C)CNC1CC(=O)N(C)c2ccccc21. The van der Waals surface area contributed by atoms with E-state index in [1.807, 2.05) is 25.2 Å². The summed E-state index contributed by atoms with van der Waals surface area (Å²) in [5.41, 5.74) is 2.38. The normalized spacial score (nSPS) is 18.8. The molecule has 1 atom stereocenters. The molecule has 0 radical (unpaired) electrons. The summed E-state index contributed by atoms with van der Waals surface area (Å²) in [6, 6.07) is 8.24. The van der Waals surface area contributed by atoms with E-state index in [-0.39, 0.29) is 17.4 Å². The second-order valence-corrected chi connectivity index (χ2v) is 6.56. The standard InChI is InChI=1S/C17H26N2O2/c1-17(2,9-10-21-4)12-18-14-11-16(20)19(3)15-8-6-5-7-13(14)15/h5-8,14,18H,9-12H2,1-4H3. The van der Waals surface area contributed by atoms with Crippen molar-refractivity contribution in [1.29, 1.82) is 0 Å². The van der Waals surface area contributed by atoms with Crippen molar-refractivity contribution in [2.45, 2.75) is 32.7 Å². The summed E-state index contributed by atoms with van der Waals surface area (Å²) in [6.45, 7) is 6.08. The monoisotopic (exact) mass is 290 g/mol. The van der Waals surface area contributed by atoms with Crippen LogP contribution in [-0.4, -0.2) is 33.2 Å². The van der Waals surface area contributed by atoms with Gasteiger partial charge >= 0.3 is 0 Å². The van der Waals surface area contributed by atoms with Crippen molar-refractivity contribution in [3.63, 3.8) is 0 Å². The number of para-hydroxylation sites is 1. The van der Waals surface area contributed by atoms with E-state index in [0.717, 1.165) is 25.3 Å². The van der Waals surface area contributed by atoms with Gasteiger partial charge in [0, 0.05) is 45.5 Å². The molecular formula is C17H26N2O2. The molecule has 1 N–H and O–H groups in total. The lowest BCUT2D eigenvalue weighted by molar-refractivity contribution is -0.119. The van der Waals surface area contributed by atoms with Crippen LogP contribution in [0.5, 0.6) is 0 Å². The van der Waals surface area contributed by atoms with Gasteiger partial charge in [0.15, 0.2) is 0 Å². The van der Waals surface area contributed by atoms with Crippen molar-refractivity contribution < 1.29 is 9.53 Å². The lowest BCUT2D eigenvalue weighted by Crippen LogP contribution is -2.40. The van der Waals surface area contributed by atoms with Crippen molar-refractivity contribution in [2.75, 3.05) is 32.2 Å². The summed E-state index contributed by atoms with van der Waals surface area (Å²) in [5, 5.41) is 3.57. The summed E-state index contributed by atoms with van der Waals surface area (Å²) >= 11 is 0. The van der Waals surface area contributed by atoms with Crippen LogP contribution in [-0.2, 0) is 9.53 Å². The minimum atomic E-state index is 0.103. The number of nitrogens with zero attached hydrogens (tertiary/aromatic N) is 1. The average molecular weight is 290 g/mol. The van der Waals surface area contributed by atoms with Gasteiger partial charge in [-0.15, -0.1) is 0 Å². The Bertz CT molecular complexity index is 499. The van der Waals surface area contributed by atoms with Crippen LogP contribution in [0, 0.1) is 5.41 Å². The van der Waals surface area contributed by atoms with Crippen molar-refractivity contribution in [1.82, 2.24) is 5.32 Å². The molecule has 2 rings (SSSR count). The van der Waals surface area contributed by atoms with Gasteiger partial charge in [0.25, 0.3) is 0 Å². The number of nitrogens with one attached hydrogen (secondary N) is 1. The van der Waals surface area contributed by atoms with E-state index in [1.54, 1.807) is 12.0 Å². The number of rotatable bonds is 6. The Morgan fingerprint density at radius 2 is 2.10 bits per heavy atom. The Labute approximate surface area is 127 Å². The van der Waals surface area contributed by atoms with Crippen molar-refractivity contribution in [3.05, 3.63) is 29.8 Å². The number of hydrogen-bond acceptors (Lipinski definition) is 3. The highest BCUT2D eigenvalue weighted by Crippen LogP contribution is 2.34. The van der Waals surface area contributed by atoms with Crippen LogP contribution < -0.4 is 10.2 Å². The van der Waals surface area contributed by atoms with Crippen LogP contribution in [0.15, 0.2) is 24.3 Å². The fourth-order valence-electron chi connectivity index (χ4n) is 2.69. The molecule has 21 heavy (non-hydrogen) atoms. The maximum atomic E-state index is 12.1. The third-order valence-corrected chi connectivity index (χ3v) is 4.24. The number of hydrogen-bond donors (Lipinski definition) is 1. The molecule has 1 heterocycles. The van der Waals surface area contributed by atoms with Gasteiger partial charge in [-0.25, -0.2) is 0 Å². The average Bonchev–Trinajstić information content (AvgIpc) is 2.47. The Hall–Kier alpha value is -1.39. The van der Waals surface area contributed by atoms with Gasteiger partial charge in [-0.1, -0.05) is 32.0 Å². The second kappa shape index (κ2) is 6.58. The smallest absolute Gasteiger partial charge is 0.228 e. The molecule has 0 bridgehead atoms. The Morgan fingerprint density at radius 3 is 2.81 bits per heavy atom. The predicted octanol–water partition coefficient (Wildman–Crippen LogP) is 2.75. The highest BCUT2D eigenvalue weighted by molar-refractivity contribution is 5.96. The summed E-state index contributed by atoms with van der Waals surface area (Å²) in [5.74, 6) is 0.167. The first-order valence-corrected chi connectivity index (χ1v) is 7.52. The van der Waals surface area contributed by atoms with Gasteiger partial charge in [0.2, 0.25) is 5.91 Å². The number of benzene rings is 1. The largest absolute Gasteiger partial charge is 0.385 e. The zero-order chi connectivity index (χ0) is 15.5. The molecule has 1 amide bonds. The summed E-state index contributed by atoms with van der Waals surface area (Å²) in [6.07, 6.45) is 1.52.